The molecule has 0 amide bonds. The minimum Gasteiger partial charge on any atom is -0.456 e. The lowest BCUT2D eigenvalue weighted by atomic mass is 10.2. The predicted octanol–water partition coefficient (Wildman–Crippen LogP) is 4.53. The van der Waals surface area contributed by atoms with Crippen LogP contribution in [0.3, 0.4) is 0 Å². The van der Waals surface area contributed by atoms with E-state index < -0.39 is 0 Å². The minimum absolute atomic E-state index is 0.0166. The van der Waals surface area contributed by atoms with Crippen LogP contribution in [0.15, 0.2) is 61.2 Å². The molecule has 3 heterocycles. The van der Waals surface area contributed by atoms with Gasteiger partial charge in [0.25, 0.3) is 0 Å². The van der Waals surface area contributed by atoms with E-state index in [1.54, 1.807) is 12.5 Å². The molecule has 0 bridgehead atoms. The number of aryl methyl sites for hydroxylation is 1. The number of benzene rings is 2. The Morgan fingerprint density at radius 1 is 1.11 bits per heavy atom. The van der Waals surface area contributed by atoms with Gasteiger partial charge in [-0.15, -0.1) is 0 Å². The van der Waals surface area contributed by atoms with Crippen LogP contribution in [0.4, 0.5) is 17.2 Å². The average Bonchev–Trinajstić information content (AvgIpc) is 3.50. The van der Waals surface area contributed by atoms with E-state index in [1.165, 1.54) is 0 Å². The van der Waals surface area contributed by atoms with Crippen molar-refractivity contribution in [3.8, 4) is 17.2 Å². The molecule has 0 atom stereocenters. The smallest absolute Gasteiger partial charge is 0.157 e. The topological polar surface area (TPSA) is 97.6 Å². The summed E-state index contributed by atoms with van der Waals surface area (Å²) in [5.74, 6) is 2.84. The first-order chi connectivity index (χ1) is 17.6. The highest BCUT2D eigenvalue weighted by Gasteiger charge is 2.24. The number of nitrogens with one attached hydrogen (secondary N) is 1. The molecule has 5 rings (SSSR count). The number of ether oxygens (including phenoxy) is 2. The van der Waals surface area contributed by atoms with Crippen molar-refractivity contribution in [3.63, 3.8) is 0 Å². The third-order valence-electron chi connectivity index (χ3n) is 5.92. The summed E-state index contributed by atoms with van der Waals surface area (Å²) < 4.78 is 13.5. The molecule has 1 aliphatic heterocycles. The molecule has 10 heteroatoms. The third kappa shape index (κ3) is 5.28. The van der Waals surface area contributed by atoms with Crippen LogP contribution in [-0.2, 0) is 11.2 Å². The van der Waals surface area contributed by atoms with Crippen LogP contribution < -0.4 is 15.0 Å². The van der Waals surface area contributed by atoms with Gasteiger partial charge in [-0.2, -0.15) is 0 Å². The molecule has 186 valence electrons. The Morgan fingerprint density at radius 3 is 2.83 bits per heavy atom. The fraction of sp³-hybridized carbons (Fsp3) is 0.269. The van der Waals surface area contributed by atoms with Crippen LogP contribution in [0.2, 0.25) is 5.02 Å². The fourth-order valence-electron chi connectivity index (χ4n) is 4.21. The maximum Gasteiger partial charge on any atom is 0.157 e. The summed E-state index contributed by atoms with van der Waals surface area (Å²) in [4.78, 5) is 15.4. The lowest BCUT2D eigenvalue weighted by molar-refractivity contribution is 0.0968. The molecule has 0 aliphatic carbocycles. The molecular formula is C26H27ClN6O3. The van der Waals surface area contributed by atoms with E-state index in [0.29, 0.717) is 42.1 Å². The summed E-state index contributed by atoms with van der Waals surface area (Å²) in [6.45, 7) is 4.36. The Hall–Kier alpha value is -3.66. The number of halogens is 1. The van der Waals surface area contributed by atoms with Crippen molar-refractivity contribution in [2.45, 2.75) is 13.3 Å². The summed E-state index contributed by atoms with van der Waals surface area (Å²) >= 11 is 6.59. The average molecular weight is 507 g/mol. The van der Waals surface area contributed by atoms with Gasteiger partial charge in [-0.25, -0.2) is 15.0 Å². The van der Waals surface area contributed by atoms with Crippen molar-refractivity contribution in [1.29, 1.82) is 0 Å². The molecule has 2 aromatic carbocycles. The number of imidazole rings is 1. The van der Waals surface area contributed by atoms with Crippen molar-refractivity contribution < 1.29 is 14.6 Å². The number of aromatic nitrogens is 4. The zero-order valence-corrected chi connectivity index (χ0v) is 20.6. The van der Waals surface area contributed by atoms with Crippen LogP contribution in [0.25, 0.3) is 5.69 Å². The van der Waals surface area contributed by atoms with E-state index in [0.717, 1.165) is 41.5 Å². The zero-order valence-electron chi connectivity index (χ0n) is 19.9. The van der Waals surface area contributed by atoms with Crippen LogP contribution in [0.1, 0.15) is 11.5 Å². The monoisotopic (exact) mass is 506 g/mol. The van der Waals surface area contributed by atoms with E-state index in [2.05, 4.69) is 25.2 Å². The van der Waals surface area contributed by atoms with Gasteiger partial charge in [0, 0.05) is 43.7 Å². The van der Waals surface area contributed by atoms with E-state index in [9.17, 15) is 0 Å². The summed E-state index contributed by atoms with van der Waals surface area (Å²) in [5, 5.41) is 12.8. The lowest BCUT2D eigenvalue weighted by Crippen LogP contribution is -2.26. The first kappa shape index (κ1) is 24.1. The summed E-state index contributed by atoms with van der Waals surface area (Å²) in [7, 11) is 0. The first-order valence-corrected chi connectivity index (χ1v) is 12.1. The molecule has 0 radical (unpaired) electrons. The van der Waals surface area contributed by atoms with E-state index >= 15 is 0 Å². The quantitative estimate of drug-likeness (QED) is 0.303. The zero-order chi connectivity index (χ0) is 24.9. The third-order valence-corrected chi connectivity index (χ3v) is 6.21. The summed E-state index contributed by atoms with van der Waals surface area (Å²) in [5.41, 5.74) is 3.71. The number of nitrogens with zero attached hydrogens (tertiary/aromatic N) is 5. The van der Waals surface area contributed by atoms with Crippen LogP contribution in [0, 0.1) is 6.92 Å². The van der Waals surface area contributed by atoms with Crippen molar-refractivity contribution >= 4 is 28.8 Å². The van der Waals surface area contributed by atoms with Gasteiger partial charge in [-0.3, -0.25) is 0 Å². The second-order valence-electron chi connectivity index (χ2n) is 8.30. The Labute approximate surface area is 214 Å². The normalized spacial score (nSPS) is 12.6. The van der Waals surface area contributed by atoms with Gasteiger partial charge in [0.2, 0.25) is 0 Å². The van der Waals surface area contributed by atoms with E-state index in [1.807, 2.05) is 60.2 Å². The number of fused-ring (bicyclic) bond motifs is 1. The predicted molar refractivity (Wildman–Crippen MR) is 139 cm³/mol. The molecule has 0 spiro atoms. The first-order valence-electron chi connectivity index (χ1n) is 11.7. The molecule has 36 heavy (non-hydrogen) atoms. The van der Waals surface area contributed by atoms with Crippen molar-refractivity contribution in [3.05, 3.63) is 77.7 Å². The Morgan fingerprint density at radius 2 is 2.03 bits per heavy atom. The molecular weight excluding hydrogens is 480 g/mol. The number of aliphatic hydroxyl groups is 1. The standard InChI is InChI=1S/C26H27ClN6O3/c1-18-28-8-10-33(18)20-3-2-4-21(16-20)36-24-6-5-19(15-22(24)27)31-26-25-23(29-17-30-26)7-9-32(25)11-13-35-14-12-34/h2-6,8,10,15-17,34H,7,9,11-14H2,1H3,(H,29,30,31). The molecule has 0 fully saturated rings. The number of hydrogen-bond donors (Lipinski definition) is 2. The number of rotatable bonds is 10. The maximum atomic E-state index is 8.92. The highest BCUT2D eigenvalue weighted by Crippen LogP contribution is 2.37. The Kier molecular flexibility index (Phi) is 7.31. The Bertz CT molecular complexity index is 1350. The highest BCUT2D eigenvalue weighted by molar-refractivity contribution is 6.32. The van der Waals surface area contributed by atoms with Crippen LogP contribution >= 0.6 is 11.6 Å². The van der Waals surface area contributed by atoms with Gasteiger partial charge >= 0.3 is 0 Å². The molecule has 9 nitrogen and oxygen atoms in total. The highest BCUT2D eigenvalue weighted by atomic mass is 35.5. The fourth-order valence-corrected chi connectivity index (χ4v) is 4.43. The summed E-state index contributed by atoms with van der Waals surface area (Å²) in [6.07, 6.45) is 6.09. The van der Waals surface area contributed by atoms with Crippen LogP contribution in [0.5, 0.6) is 11.5 Å². The lowest BCUT2D eigenvalue weighted by Gasteiger charge is -2.21. The maximum absolute atomic E-state index is 8.92. The SMILES string of the molecule is Cc1nccn1-c1cccc(Oc2ccc(Nc3ncnc4c3N(CCOCCO)CC4)cc2Cl)c1. The van der Waals surface area contributed by atoms with Gasteiger partial charge in [0.05, 0.1) is 36.2 Å². The molecule has 1 aliphatic rings. The molecule has 4 aromatic rings. The number of anilines is 3. The number of hydrogen-bond acceptors (Lipinski definition) is 8. The van der Waals surface area contributed by atoms with Gasteiger partial charge in [-0.05, 0) is 37.3 Å². The van der Waals surface area contributed by atoms with Gasteiger partial charge < -0.3 is 29.4 Å². The largest absolute Gasteiger partial charge is 0.456 e. The van der Waals surface area contributed by atoms with Gasteiger partial charge in [0.1, 0.15) is 29.3 Å². The minimum atomic E-state index is 0.0166. The van der Waals surface area contributed by atoms with Crippen molar-refractivity contribution in [1.82, 2.24) is 19.5 Å². The second kappa shape index (κ2) is 10.9. The van der Waals surface area contributed by atoms with Crippen molar-refractivity contribution in [2.75, 3.05) is 43.1 Å². The molecule has 2 N–H and O–H groups in total. The van der Waals surface area contributed by atoms with E-state index in [4.69, 9.17) is 26.2 Å². The number of aliphatic hydroxyl groups excluding tert-OH is 1. The Balaban J connectivity index is 1.30. The van der Waals surface area contributed by atoms with Gasteiger partial charge in [-0.1, -0.05) is 17.7 Å². The molecule has 0 saturated carbocycles. The molecule has 0 unspecified atom stereocenters. The second-order valence-corrected chi connectivity index (χ2v) is 8.71. The van der Waals surface area contributed by atoms with Gasteiger partial charge in [0.15, 0.2) is 5.82 Å². The van der Waals surface area contributed by atoms with Crippen molar-refractivity contribution in [2.24, 2.45) is 0 Å². The summed E-state index contributed by atoms with van der Waals surface area (Å²) in [6, 6.07) is 13.3. The molecule has 0 saturated heterocycles. The van der Waals surface area contributed by atoms with E-state index in [-0.39, 0.29) is 6.61 Å². The molecule has 2 aromatic heterocycles. The van der Waals surface area contributed by atoms with Crippen LogP contribution in [-0.4, -0.2) is 57.5 Å².